The number of amides is 1. The molecular weight excluding hydrogens is 284 g/mol. The zero-order valence-corrected chi connectivity index (χ0v) is 13.4. The summed E-state index contributed by atoms with van der Waals surface area (Å²) in [6.07, 6.45) is 0.897. The van der Waals surface area contributed by atoms with Gasteiger partial charge in [0.25, 0.3) is 0 Å². The average Bonchev–Trinajstić information content (AvgIpc) is 2.51. The van der Waals surface area contributed by atoms with E-state index in [0.717, 1.165) is 11.3 Å². The summed E-state index contributed by atoms with van der Waals surface area (Å²) in [5, 5.41) is 2.79. The van der Waals surface area contributed by atoms with Gasteiger partial charge in [-0.25, -0.2) is 0 Å². The predicted molar refractivity (Wildman–Crippen MR) is 83.6 cm³/mol. The first-order valence-electron chi connectivity index (χ1n) is 7.20. The van der Waals surface area contributed by atoms with Crippen molar-refractivity contribution in [2.45, 2.75) is 19.4 Å². The second kappa shape index (κ2) is 9.78. The van der Waals surface area contributed by atoms with Gasteiger partial charge in [0.1, 0.15) is 5.75 Å². The van der Waals surface area contributed by atoms with Crippen molar-refractivity contribution in [2.75, 3.05) is 34.4 Å². The summed E-state index contributed by atoms with van der Waals surface area (Å²) in [4.78, 5) is 24.6. The first-order valence-corrected chi connectivity index (χ1v) is 7.20. The Balaban J connectivity index is 2.27. The van der Waals surface area contributed by atoms with Crippen molar-refractivity contribution in [3.05, 3.63) is 29.8 Å². The Morgan fingerprint density at radius 3 is 2.73 bits per heavy atom. The summed E-state index contributed by atoms with van der Waals surface area (Å²) in [5.74, 6) is 0.484. The third-order valence-corrected chi connectivity index (χ3v) is 3.11. The molecule has 0 aliphatic carbocycles. The van der Waals surface area contributed by atoms with Crippen LogP contribution in [-0.2, 0) is 20.9 Å². The van der Waals surface area contributed by atoms with Gasteiger partial charge in [-0.2, -0.15) is 0 Å². The Morgan fingerprint density at radius 1 is 1.27 bits per heavy atom. The summed E-state index contributed by atoms with van der Waals surface area (Å²) in [6, 6.07) is 7.75. The number of esters is 1. The van der Waals surface area contributed by atoms with Crippen LogP contribution in [0.5, 0.6) is 5.75 Å². The standard InChI is InChI=1S/C16H24N2O4/c1-18(11-13-6-4-7-14(10-13)21-2)12-15(19)17-9-5-8-16(20)22-3/h4,6-7,10H,5,8-9,11-12H2,1-3H3,(H,17,19). The van der Waals surface area contributed by atoms with E-state index < -0.39 is 0 Å². The lowest BCUT2D eigenvalue weighted by Crippen LogP contribution is -2.35. The minimum absolute atomic E-state index is 0.0599. The molecule has 0 aromatic heterocycles. The van der Waals surface area contributed by atoms with Crippen molar-refractivity contribution < 1.29 is 19.1 Å². The average molecular weight is 308 g/mol. The lowest BCUT2D eigenvalue weighted by atomic mass is 10.2. The highest BCUT2D eigenvalue weighted by Crippen LogP contribution is 2.13. The van der Waals surface area contributed by atoms with E-state index >= 15 is 0 Å². The fraction of sp³-hybridized carbons (Fsp3) is 0.500. The Hall–Kier alpha value is -2.08. The van der Waals surface area contributed by atoms with E-state index in [1.165, 1.54) is 7.11 Å². The third kappa shape index (κ3) is 7.08. The maximum absolute atomic E-state index is 11.8. The molecule has 0 spiro atoms. The van der Waals surface area contributed by atoms with Crippen LogP contribution in [0, 0.1) is 0 Å². The van der Waals surface area contributed by atoms with Crippen molar-refractivity contribution in [2.24, 2.45) is 0 Å². The van der Waals surface area contributed by atoms with E-state index in [1.807, 2.05) is 36.2 Å². The number of likely N-dealkylation sites (N-methyl/N-ethyl adjacent to an activating group) is 1. The maximum atomic E-state index is 11.8. The number of carbonyl (C=O) groups is 2. The molecule has 0 aliphatic rings. The first-order chi connectivity index (χ1) is 10.5. The van der Waals surface area contributed by atoms with Crippen LogP contribution in [0.1, 0.15) is 18.4 Å². The van der Waals surface area contributed by atoms with E-state index in [1.54, 1.807) is 7.11 Å². The number of rotatable bonds is 9. The minimum Gasteiger partial charge on any atom is -0.497 e. The summed E-state index contributed by atoms with van der Waals surface area (Å²) in [7, 11) is 4.87. The van der Waals surface area contributed by atoms with Crippen molar-refractivity contribution in [1.82, 2.24) is 10.2 Å². The molecule has 22 heavy (non-hydrogen) atoms. The Labute approximate surface area is 131 Å². The fourth-order valence-corrected chi connectivity index (χ4v) is 2.00. The highest BCUT2D eigenvalue weighted by Gasteiger charge is 2.08. The van der Waals surface area contributed by atoms with Gasteiger partial charge in [-0.1, -0.05) is 12.1 Å². The lowest BCUT2D eigenvalue weighted by molar-refractivity contribution is -0.140. The van der Waals surface area contributed by atoms with E-state index in [2.05, 4.69) is 10.1 Å². The molecule has 0 heterocycles. The molecule has 6 heteroatoms. The number of carbonyl (C=O) groups excluding carboxylic acids is 2. The van der Waals surface area contributed by atoms with Gasteiger partial charge >= 0.3 is 5.97 Å². The molecular formula is C16H24N2O4. The van der Waals surface area contributed by atoms with Gasteiger partial charge in [0.05, 0.1) is 20.8 Å². The maximum Gasteiger partial charge on any atom is 0.305 e. The van der Waals surface area contributed by atoms with Crippen LogP contribution in [0.15, 0.2) is 24.3 Å². The molecule has 6 nitrogen and oxygen atoms in total. The zero-order chi connectivity index (χ0) is 16.4. The molecule has 0 saturated heterocycles. The summed E-state index contributed by atoms with van der Waals surface area (Å²) in [6.45, 7) is 1.43. The molecule has 0 saturated carbocycles. The molecule has 0 fully saturated rings. The van der Waals surface area contributed by atoms with E-state index in [-0.39, 0.29) is 11.9 Å². The quantitative estimate of drug-likeness (QED) is 0.548. The second-order valence-corrected chi connectivity index (χ2v) is 5.05. The number of benzene rings is 1. The number of ether oxygens (including phenoxy) is 2. The number of nitrogens with one attached hydrogen (secondary N) is 1. The third-order valence-electron chi connectivity index (χ3n) is 3.11. The highest BCUT2D eigenvalue weighted by molar-refractivity contribution is 5.78. The topological polar surface area (TPSA) is 67.9 Å². The lowest BCUT2D eigenvalue weighted by Gasteiger charge is -2.16. The first kappa shape index (κ1) is 18.0. The normalized spacial score (nSPS) is 10.4. The van der Waals surface area contributed by atoms with Crippen LogP contribution >= 0.6 is 0 Å². The van der Waals surface area contributed by atoms with E-state index in [9.17, 15) is 9.59 Å². The summed E-state index contributed by atoms with van der Waals surface area (Å²) in [5.41, 5.74) is 1.08. The Kier molecular flexibility index (Phi) is 7.99. The number of hydrogen-bond acceptors (Lipinski definition) is 5. The van der Waals surface area contributed by atoms with Gasteiger partial charge in [0.2, 0.25) is 5.91 Å². The van der Waals surface area contributed by atoms with Gasteiger partial charge in [-0.3, -0.25) is 14.5 Å². The SMILES string of the molecule is COC(=O)CCCNC(=O)CN(C)Cc1cccc(OC)c1. The number of nitrogens with zero attached hydrogens (tertiary/aromatic N) is 1. The van der Waals surface area contributed by atoms with E-state index in [4.69, 9.17) is 4.74 Å². The van der Waals surface area contributed by atoms with Crippen LogP contribution in [-0.4, -0.2) is 51.1 Å². The predicted octanol–water partition coefficient (Wildman–Crippen LogP) is 1.20. The summed E-state index contributed by atoms with van der Waals surface area (Å²) < 4.78 is 9.71. The monoisotopic (exact) mass is 308 g/mol. The molecule has 1 N–H and O–H groups in total. The van der Waals surface area contributed by atoms with Crippen molar-refractivity contribution in [3.63, 3.8) is 0 Å². The molecule has 0 bridgehead atoms. The molecule has 1 aromatic rings. The largest absolute Gasteiger partial charge is 0.497 e. The zero-order valence-electron chi connectivity index (χ0n) is 13.4. The second-order valence-electron chi connectivity index (χ2n) is 5.05. The van der Waals surface area contributed by atoms with Crippen LogP contribution in [0.2, 0.25) is 0 Å². The molecule has 122 valence electrons. The van der Waals surface area contributed by atoms with Gasteiger partial charge in [-0.05, 0) is 31.2 Å². The smallest absolute Gasteiger partial charge is 0.305 e. The van der Waals surface area contributed by atoms with Crippen LogP contribution in [0.3, 0.4) is 0 Å². The number of methoxy groups -OCH3 is 2. The summed E-state index contributed by atoms with van der Waals surface area (Å²) >= 11 is 0. The van der Waals surface area contributed by atoms with Gasteiger partial charge < -0.3 is 14.8 Å². The molecule has 1 aromatic carbocycles. The molecule has 0 aliphatic heterocycles. The van der Waals surface area contributed by atoms with Crippen molar-refractivity contribution in [3.8, 4) is 5.75 Å². The molecule has 1 amide bonds. The van der Waals surface area contributed by atoms with Crippen LogP contribution < -0.4 is 10.1 Å². The van der Waals surface area contributed by atoms with Crippen LogP contribution in [0.25, 0.3) is 0 Å². The van der Waals surface area contributed by atoms with Crippen molar-refractivity contribution >= 4 is 11.9 Å². The van der Waals surface area contributed by atoms with E-state index in [0.29, 0.717) is 32.5 Å². The Bertz CT molecular complexity index is 491. The fourth-order valence-electron chi connectivity index (χ4n) is 2.00. The highest BCUT2D eigenvalue weighted by atomic mass is 16.5. The molecule has 0 atom stereocenters. The van der Waals surface area contributed by atoms with Gasteiger partial charge in [0, 0.05) is 19.5 Å². The molecule has 0 radical (unpaired) electrons. The Morgan fingerprint density at radius 2 is 2.05 bits per heavy atom. The molecule has 0 unspecified atom stereocenters. The number of hydrogen-bond donors (Lipinski definition) is 1. The van der Waals surface area contributed by atoms with Gasteiger partial charge in [-0.15, -0.1) is 0 Å². The van der Waals surface area contributed by atoms with Crippen molar-refractivity contribution in [1.29, 1.82) is 0 Å². The van der Waals surface area contributed by atoms with Gasteiger partial charge in [0.15, 0.2) is 0 Å². The minimum atomic E-state index is -0.260. The van der Waals surface area contributed by atoms with Crippen LogP contribution in [0.4, 0.5) is 0 Å². The molecule has 1 rings (SSSR count).